The second-order valence-corrected chi connectivity index (χ2v) is 5.72. The van der Waals surface area contributed by atoms with E-state index in [2.05, 4.69) is 52.3 Å². The summed E-state index contributed by atoms with van der Waals surface area (Å²) in [6.07, 6.45) is 6.96. The second kappa shape index (κ2) is 6.20. The van der Waals surface area contributed by atoms with Gasteiger partial charge in [0.15, 0.2) is 0 Å². The summed E-state index contributed by atoms with van der Waals surface area (Å²) in [5.41, 5.74) is 3.78. The van der Waals surface area contributed by atoms with Crippen LogP contribution in [0.1, 0.15) is 18.4 Å². The molecule has 1 heterocycles. The van der Waals surface area contributed by atoms with Gasteiger partial charge in [-0.1, -0.05) is 0 Å². The summed E-state index contributed by atoms with van der Waals surface area (Å²) >= 11 is 3.01. The monoisotopic (exact) mass is 306 g/mol. The minimum absolute atomic E-state index is 0.218. The van der Waals surface area contributed by atoms with Crippen molar-refractivity contribution in [3.8, 4) is 0 Å². The van der Waals surface area contributed by atoms with Crippen LogP contribution in [0.15, 0.2) is 47.6 Å². The minimum atomic E-state index is 0.218. The summed E-state index contributed by atoms with van der Waals surface area (Å²) in [7, 11) is 1.70. The molecule has 1 aromatic carbocycles. The van der Waals surface area contributed by atoms with Crippen molar-refractivity contribution < 1.29 is 25.3 Å². The fourth-order valence-electron chi connectivity index (χ4n) is 2.96. The van der Waals surface area contributed by atoms with Crippen LogP contribution < -0.4 is 0 Å². The maximum atomic E-state index is 5.88. The van der Waals surface area contributed by atoms with Crippen LogP contribution in [-0.4, -0.2) is 24.4 Å². The normalized spacial score (nSPS) is 25.4. The number of benzene rings is 1. The summed E-state index contributed by atoms with van der Waals surface area (Å²) in [4.78, 5) is 0. The van der Waals surface area contributed by atoms with E-state index in [1.54, 1.807) is 7.11 Å². The Bertz CT molecular complexity index is 560. The van der Waals surface area contributed by atoms with E-state index < -0.39 is 0 Å². The molecule has 0 N–H and O–H groups in total. The zero-order valence-corrected chi connectivity index (χ0v) is 12.8. The molecule has 2 aliphatic rings. The Morgan fingerprint density at radius 3 is 2.85 bits per heavy atom. The Morgan fingerprint density at radius 1 is 1.30 bits per heavy atom. The second-order valence-electron chi connectivity index (χ2n) is 5.14. The Hall–Kier alpha value is -0.978. The number of methoxy groups -OCH3 is 1. The van der Waals surface area contributed by atoms with Crippen molar-refractivity contribution in [2.75, 3.05) is 13.7 Å². The van der Waals surface area contributed by atoms with Crippen molar-refractivity contribution in [3.63, 3.8) is 0 Å². The number of rotatable bonds is 4. The third-order valence-corrected chi connectivity index (χ3v) is 4.58. The van der Waals surface area contributed by atoms with E-state index in [0.717, 1.165) is 17.6 Å². The molecule has 1 aliphatic heterocycles. The standard InChI is InChI=1S/C17H18O2.Cr/c1-18-12-16-14(15-8-5-11-19-17(15)16)10-9-13-6-3-2-4-7-13;/h2-4,6-7,9-10,15,17H,5,8,11H2,1H3;/b10-9+;. The molecule has 3 heteroatoms. The quantitative estimate of drug-likeness (QED) is 0.851. The average Bonchev–Trinajstić information content (AvgIpc) is 2.49. The molecule has 0 radical (unpaired) electrons. The summed E-state index contributed by atoms with van der Waals surface area (Å²) in [5.74, 6) is 0.525. The summed E-state index contributed by atoms with van der Waals surface area (Å²) in [5, 5.41) is 0. The van der Waals surface area contributed by atoms with Crippen LogP contribution in [0.25, 0.3) is 6.08 Å². The van der Waals surface area contributed by atoms with Gasteiger partial charge < -0.3 is 0 Å². The van der Waals surface area contributed by atoms with Gasteiger partial charge in [0.25, 0.3) is 0 Å². The van der Waals surface area contributed by atoms with Gasteiger partial charge in [0.05, 0.1) is 0 Å². The summed E-state index contributed by atoms with van der Waals surface area (Å²) in [6.45, 7) is 0.858. The SMILES string of the molecule is CO[C](=[Cr])C1=C(/C=C/c2ccccc2)C2CCCOC12. The summed E-state index contributed by atoms with van der Waals surface area (Å²) < 4.78 is 12.1. The van der Waals surface area contributed by atoms with Crippen LogP contribution in [-0.2, 0) is 25.3 Å². The first-order chi connectivity index (χ1) is 9.81. The van der Waals surface area contributed by atoms with Crippen LogP contribution in [0.3, 0.4) is 0 Å². The van der Waals surface area contributed by atoms with Gasteiger partial charge in [-0.05, 0) is 0 Å². The molecule has 0 bridgehead atoms. The molecule has 1 fully saturated rings. The fourth-order valence-corrected chi connectivity index (χ4v) is 3.32. The Balaban J connectivity index is 1.88. The van der Waals surface area contributed by atoms with Gasteiger partial charge in [-0.2, -0.15) is 0 Å². The van der Waals surface area contributed by atoms with Crippen molar-refractivity contribution in [2.45, 2.75) is 18.9 Å². The first kappa shape index (κ1) is 14.0. The third kappa shape index (κ3) is 2.60. The molecular formula is C17H18CrO2. The molecule has 1 saturated heterocycles. The van der Waals surface area contributed by atoms with Crippen LogP contribution >= 0.6 is 0 Å². The predicted octanol–water partition coefficient (Wildman–Crippen LogP) is 3.13. The molecule has 20 heavy (non-hydrogen) atoms. The van der Waals surface area contributed by atoms with E-state index in [1.807, 2.05) is 6.07 Å². The zero-order chi connectivity index (χ0) is 13.9. The molecule has 2 unspecified atom stereocenters. The first-order valence-corrected chi connectivity index (χ1v) is 7.62. The van der Waals surface area contributed by atoms with Gasteiger partial charge in [-0.3, -0.25) is 0 Å². The Labute approximate surface area is 128 Å². The first-order valence-electron chi connectivity index (χ1n) is 6.98. The molecule has 0 amide bonds. The van der Waals surface area contributed by atoms with E-state index in [4.69, 9.17) is 9.47 Å². The molecule has 0 saturated carbocycles. The number of hydrogen-bond donors (Lipinski definition) is 0. The number of hydrogen-bond acceptors (Lipinski definition) is 2. The molecule has 0 aromatic heterocycles. The van der Waals surface area contributed by atoms with Crippen molar-refractivity contribution in [1.82, 2.24) is 0 Å². The molecule has 0 spiro atoms. The van der Waals surface area contributed by atoms with Gasteiger partial charge >= 0.3 is 128 Å². The van der Waals surface area contributed by atoms with Crippen molar-refractivity contribution in [3.05, 3.63) is 53.1 Å². The van der Waals surface area contributed by atoms with E-state index in [0.29, 0.717) is 5.92 Å². The number of ether oxygens (including phenoxy) is 2. The molecule has 3 rings (SSSR count). The fraction of sp³-hybridized carbons (Fsp3) is 0.353. The van der Waals surface area contributed by atoms with Crippen LogP contribution in [0, 0.1) is 5.92 Å². The third-order valence-electron chi connectivity index (χ3n) is 3.98. The molecule has 2 nitrogen and oxygen atoms in total. The maximum absolute atomic E-state index is 5.88. The number of allylic oxidation sites excluding steroid dienone is 1. The molecule has 2 atom stereocenters. The Kier molecular flexibility index (Phi) is 4.33. The predicted molar refractivity (Wildman–Crippen MR) is 77.0 cm³/mol. The Morgan fingerprint density at radius 2 is 2.10 bits per heavy atom. The van der Waals surface area contributed by atoms with E-state index >= 15 is 0 Å². The van der Waals surface area contributed by atoms with Crippen LogP contribution in [0.2, 0.25) is 0 Å². The van der Waals surface area contributed by atoms with Crippen LogP contribution in [0.4, 0.5) is 0 Å². The van der Waals surface area contributed by atoms with Gasteiger partial charge in [0.2, 0.25) is 0 Å². The van der Waals surface area contributed by atoms with Gasteiger partial charge in [0.1, 0.15) is 0 Å². The van der Waals surface area contributed by atoms with Gasteiger partial charge in [0, 0.05) is 0 Å². The topological polar surface area (TPSA) is 18.5 Å². The van der Waals surface area contributed by atoms with Crippen LogP contribution in [0.5, 0.6) is 0 Å². The van der Waals surface area contributed by atoms with Gasteiger partial charge in [-0.15, -0.1) is 0 Å². The molecule has 1 aromatic rings. The van der Waals surface area contributed by atoms with Crippen molar-refractivity contribution >= 4 is 10.6 Å². The van der Waals surface area contributed by atoms with Crippen molar-refractivity contribution in [2.24, 2.45) is 5.92 Å². The van der Waals surface area contributed by atoms with Gasteiger partial charge in [-0.25, -0.2) is 0 Å². The van der Waals surface area contributed by atoms with E-state index in [-0.39, 0.29) is 6.10 Å². The van der Waals surface area contributed by atoms with Crippen molar-refractivity contribution in [1.29, 1.82) is 0 Å². The van der Waals surface area contributed by atoms with E-state index in [9.17, 15) is 0 Å². The summed E-state index contributed by atoms with van der Waals surface area (Å²) in [6, 6.07) is 10.4. The number of fused-ring (bicyclic) bond motifs is 1. The average molecular weight is 306 g/mol. The molecular weight excluding hydrogens is 288 g/mol. The van der Waals surface area contributed by atoms with E-state index in [1.165, 1.54) is 23.1 Å². The zero-order valence-electron chi connectivity index (χ0n) is 11.5. The molecule has 1 aliphatic carbocycles. The molecule has 104 valence electrons.